The lowest BCUT2D eigenvalue weighted by molar-refractivity contribution is 0.0697. The topological polar surface area (TPSA) is 68.8 Å². The van der Waals surface area contributed by atoms with Crippen molar-refractivity contribution in [2.45, 2.75) is 19.9 Å². The summed E-state index contributed by atoms with van der Waals surface area (Å²) in [7, 11) is 2.01. The Bertz CT molecular complexity index is 1560. The van der Waals surface area contributed by atoms with E-state index >= 15 is 0 Å². The monoisotopic (exact) mass is 497 g/mol. The molecule has 0 atom stereocenters. The molecule has 5 aromatic rings. The summed E-state index contributed by atoms with van der Waals surface area (Å²) in [6.45, 7) is 3.31. The van der Waals surface area contributed by atoms with Crippen LogP contribution in [-0.2, 0) is 13.6 Å². The van der Waals surface area contributed by atoms with Crippen LogP contribution in [0.4, 0.5) is 5.69 Å². The van der Waals surface area contributed by atoms with Crippen LogP contribution < -0.4 is 10.4 Å². The van der Waals surface area contributed by atoms with Gasteiger partial charge in [0.15, 0.2) is 0 Å². The third-order valence-corrected chi connectivity index (χ3v) is 6.79. The van der Waals surface area contributed by atoms with Gasteiger partial charge in [-0.25, -0.2) is 9.79 Å². The van der Waals surface area contributed by atoms with Crippen molar-refractivity contribution < 1.29 is 14.6 Å². The quantitative estimate of drug-likeness (QED) is 0.267. The highest BCUT2D eigenvalue weighted by molar-refractivity contribution is 7.08. The highest BCUT2D eigenvalue weighted by atomic mass is 32.1. The van der Waals surface area contributed by atoms with E-state index in [1.54, 1.807) is 23.5 Å². The minimum absolute atomic E-state index is 0.273. The first-order valence-corrected chi connectivity index (χ1v) is 12.8. The predicted octanol–water partition coefficient (Wildman–Crippen LogP) is 6.48. The second-order valence-electron chi connectivity index (χ2n) is 8.62. The highest BCUT2D eigenvalue weighted by Crippen LogP contribution is 2.25. The van der Waals surface area contributed by atoms with Crippen molar-refractivity contribution in [1.29, 1.82) is 0 Å². The molecule has 6 nitrogen and oxygen atoms in total. The number of ether oxygens (including phenoxy) is 1. The number of fused-ring (bicyclic) bond motifs is 1. The second kappa shape index (κ2) is 10.3. The molecule has 0 unspecified atom stereocenters. The number of aromatic nitrogens is 2. The summed E-state index contributed by atoms with van der Waals surface area (Å²) >= 11 is 1.68. The summed E-state index contributed by atoms with van der Waals surface area (Å²) in [5, 5.41) is 13.5. The molecule has 2 aromatic heterocycles. The van der Waals surface area contributed by atoms with Crippen LogP contribution in [0.1, 0.15) is 29.3 Å². The molecule has 0 aliphatic rings. The third-order valence-electron chi connectivity index (χ3n) is 6.11. The van der Waals surface area contributed by atoms with Crippen LogP contribution in [0, 0.1) is 0 Å². The maximum absolute atomic E-state index is 11.3. The van der Waals surface area contributed by atoms with E-state index < -0.39 is 5.97 Å². The summed E-state index contributed by atoms with van der Waals surface area (Å²) in [4.78, 5) is 16.3. The van der Waals surface area contributed by atoms with Crippen molar-refractivity contribution in [3.05, 3.63) is 100 Å². The van der Waals surface area contributed by atoms with E-state index in [1.165, 1.54) is 5.56 Å². The van der Waals surface area contributed by atoms with Crippen LogP contribution in [0.5, 0.6) is 5.75 Å². The molecule has 3 aromatic carbocycles. The lowest BCUT2D eigenvalue weighted by atomic mass is 10.1. The van der Waals surface area contributed by atoms with E-state index in [9.17, 15) is 9.90 Å². The number of hydrogen-bond acceptors (Lipinski definition) is 4. The Labute approximate surface area is 213 Å². The van der Waals surface area contributed by atoms with E-state index in [-0.39, 0.29) is 5.56 Å². The lowest BCUT2D eigenvalue weighted by Gasteiger charge is -2.07. The lowest BCUT2D eigenvalue weighted by Crippen LogP contribution is -2.24. The van der Waals surface area contributed by atoms with Crippen LogP contribution in [0.25, 0.3) is 22.2 Å². The number of benzene rings is 3. The van der Waals surface area contributed by atoms with E-state index in [2.05, 4.69) is 51.1 Å². The van der Waals surface area contributed by atoms with Crippen LogP contribution in [-0.4, -0.2) is 26.8 Å². The minimum atomic E-state index is -0.930. The van der Waals surface area contributed by atoms with E-state index in [4.69, 9.17) is 9.73 Å². The van der Waals surface area contributed by atoms with Crippen LogP contribution in [0.3, 0.4) is 0 Å². The van der Waals surface area contributed by atoms with Crippen LogP contribution in [0.2, 0.25) is 0 Å². The molecular formula is C29H27N3O3S. The fourth-order valence-corrected chi connectivity index (χ4v) is 4.87. The predicted molar refractivity (Wildman–Crippen MR) is 144 cm³/mol. The van der Waals surface area contributed by atoms with Gasteiger partial charge in [0, 0.05) is 13.1 Å². The second-order valence-corrected chi connectivity index (χ2v) is 9.40. The van der Waals surface area contributed by atoms with Gasteiger partial charge in [-0.2, -0.15) is 11.3 Å². The maximum Gasteiger partial charge on any atom is 0.335 e. The van der Waals surface area contributed by atoms with E-state index in [0.717, 1.165) is 45.6 Å². The van der Waals surface area contributed by atoms with Gasteiger partial charge < -0.3 is 19.0 Å². The van der Waals surface area contributed by atoms with Gasteiger partial charge >= 0.3 is 5.97 Å². The molecule has 7 heteroatoms. The number of nitrogens with zero attached hydrogens (tertiary/aromatic N) is 3. The minimum Gasteiger partial charge on any atom is -0.494 e. The number of hydrogen-bond donors (Lipinski definition) is 1. The van der Waals surface area contributed by atoms with Crippen molar-refractivity contribution in [3.8, 4) is 16.9 Å². The van der Waals surface area contributed by atoms with Crippen molar-refractivity contribution >= 4 is 34.0 Å². The first kappa shape index (κ1) is 23.6. The van der Waals surface area contributed by atoms with Gasteiger partial charge in [-0.1, -0.05) is 31.2 Å². The summed E-state index contributed by atoms with van der Waals surface area (Å²) in [5.41, 5.74) is 7.33. The molecule has 5 rings (SSSR count). The standard InChI is InChI=1S/C29H27N3O3S/c1-3-15-35-25-12-13-26-27(17-25)31(2)29(32(26)18-20-4-6-22(7-5-20)28(33)34)30-24-10-8-21(9-11-24)23-14-16-36-19-23/h4-14,16-17,19H,3,15,18H2,1-2H3,(H,33,34)/b30-29+. The molecule has 0 radical (unpaired) electrons. The molecule has 0 amide bonds. The Morgan fingerprint density at radius 2 is 1.75 bits per heavy atom. The Morgan fingerprint density at radius 3 is 2.42 bits per heavy atom. The Balaban J connectivity index is 1.60. The molecule has 0 aliphatic carbocycles. The molecule has 36 heavy (non-hydrogen) atoms. The Kier molecular flexibility index (Phi) is 6.73. The van der Waals surface area contributed by atoms with Crippen molar-refractivity contribution in [3.63, 3.8) is 0 Å². The maximum atomic E-state index is 11.3. The molecular weight excluding hydrogens is 470 g/mol. The molecule has 0 saturated heterocycles. The first-order chi connectivity index (χ1) is 17.5. The average Bonchev–Trinajstić information content (AvgIpc) is 3.52. The molecule has 1 N–H and O–H groups in total. The zero-order valence-electron chi connectivity index (χ0n) is 20.2. The van der Waals surface area contributed by atoms with Gasteiger partial charge in [0.1, 0.15) is 5.75 Å². The normalized spacial score (nSPS) is 11.8. The number of rotatable bonds is 8. The fourth-order valence-electron chi connectivity index (χ4n) is 4.21. The fraction of sp³-hybridized carbons (Fsp3) is 0.172. The number of carboxylic acid groups (broad SMARTS) is 1. The van der Waals surface area contributed by atoms with Crippen LogP contribution >= 0.6 is 11.3 Å². The summed E-state index contributed by atoms with van der Waals surface area (Å²) in [6.07, 6.45) is 0.944. The number of aromatic carboxylic acids is 1. The van der Waals surface area contributed by atoms with Crippen LogP contribution in [0.15, 0.2) is 88.5 Å². The number of thiophene rings is 1. The highest BCUT2D eigenvalue weighted by Gasteiger charge is 2.12. The third kappa shape index (κ3) is 4.83. The van der Waals surface area contributed by atoms with Gasteiger partial charge in [0.05, 0.1) is 35.4 Å². The van der Waals surface area contributed by atoms with E-state index in [1.807, 2.05) is 43.4 Å². The molecule has 0 bridgehead atoms. The Morgan fingerprint density at radius 1 is 0.972 bits per heavy atom. The van der Waals surface area contributed by atoms with Gasteiger partial charge in [0.2, 0.25) is 5.62 Å². The largest absolute Gasteiger partial charge is 0.494 e. The number of carbonyl (C=O) groups is 1. The summed E-state index contributed by atoms with van der Waals surface area (Å²) in [6, 6.07) is 23.5. The number of imidazole rings is 1. The van der Waals surface area contributed by atoms with Gasteiger partial charge in [-0.3, -0.25) is 0 Å². The summed E-state index contributed by atoms with van der Waals surface area (Å²) in [5.74, 6) is -0.102. The molecule has 0 spiro atoms. The molecule has 182 valence electrons. The molecule has 0 fully saturated rings. The smallest absolute Gasteiger partial charge is 0.335 e. The molecule has 0 aliphatic heterocycles. The van der Waals surface area contributed by atoms with Crippen molar-refractivity contribution in [2.75, 3.05) is 6.61 Å². The zero-order valence-corrected chi connectivity index (χ0v) is 21.0. The Hall–Kier alpha value is -4.10. The van der Waals surface area contributed by atoms with E-state index in [0.29, 0.717) is 13.2 Å². The molecule has 2 heterocycles. The average molecular weight is 498 g/mol. The number of aryl methyl sites for hydroxylation is 1. The molecule has 0 saturated carbocycles. The SMILES string of the molecule is CCCOc1ccc2c(c1)n(C)/c(=N\c1ccc(-c3ccsc3)cc1)n2Cc1ccc(C(=O)O)cc1. The van der Waals surface area contributed by atoms with Gasteiger partial charge in [-0.05, 0) is 76.3 Å². The van der Waals surface area contributed by atoms with Gasteiger partial charge in [-0.15, -0.1) is 0 Å². The first-order valence-electron chi connectivity index (χ1n) is 11.8. The number of carboxylic acids is 1. The van der Waals surface area contributed by atoms with Crippen molar-refractivity contribution in [1.82, 2.24) is 9.13 Å². The van der Waals surface area contributed by atoms with Crippen molar-refractivity contribution in [2.24, 2.45) is 12.0 Å². The van der Waals surface area contributed by atoms with Gasteiger partial charge in [0.25, 0.3) is 0 Å². The zero-order chi connectivity index (χ0) is 25.1. The summed E-state index contributed by atoms with van der Waals surface area (Å²) < 4.78 is 10.1.